The van der Waals surface area contributed by atoms with Crippen molar-refractivity contribution in [1.29, 1.82) is 0 Å². The van der Waals surface area contributed by atoms with Crippen molar-refractivity contribution in [3.63, 3.8) is 0 Å². The zero-order valence-corrected chi connectivity index (χ0v) is 19.2. The number of ether oxygens (including phenoxy) is 4. The highest BCUT2D eigenvalue weighted by molar-refractivity contribution is 5.75. The van der Waals surface area contributed by atoms with Crippen molar-refractivity contribution in [2.75, 3.05) is 34.0 Å². The molecule has 2 aromatic rings. The molecule has 4 rings (SSSR count). The summed E-state index contributed by atoms with van der Waals surface area (Å²) in [5.41, 5.74) is 5.60. The molecule has 6 heteroatoms. The minimum Gasteiger partial charge on any atom is -0.493 e. The van der Waals surface area contributed by atoms with Gasteiger partial charge in [0.15, 0.2) is 11.5 Å². The Bertz CT molecular complexity index is 990. The van der Waals surface area contributed by atoms with Crippen molar-refractivity contribution < 1.29 is 18.9 Å². The molecular weight excluding hydrogens is 392 g/mol. The molecule has 0 amide bonds. The highest BCUT2D eigenvalue weighted by Gasteiger charge is 2.25. The van der Waals surface area contributed by atoms with Crippen LogP contribution in [0.5, 0.6) is 17.2 Å². The van der Waals surface area contributed by atoms with Crippen LogP contribution in [0.25, 0.3) is 11.3 Å². The van der Waals surface area contributed by atoms with Crippen LogP contribution in [-0.4, -0.2) is 44.6 Å². The Morgan fingerprint density at radius 2 is 2.06 bits per heavy atom. The number of nitrogens with zero attached hydrogens (tertiary/aromatic N) is 2. The van der Waals surface area contributed by atoms with E-state index in [2.05, 4.69) is 30.5 Å². The maximum atomic E-state index is 6.21. The van der Waals surface area contributed by atoms with Crippen molar-refractivity contribution in [1.82, 2.24) is 4.57 Å². The van der Waals surface area contributed by atoms with Crippen molar-refractivity contribution in [3.8, 4) is 28.5 Å². The molecule has 1 saturated heterocycles. The Balaban J connectivity index is 1.84. The normalized spacial score (nSPS) is 17.9. The molecule has 3 heterocycles. The Morgan fingerprint density at radius 1 is 1.19 bits per heavy atom. The Hall–Kier alpha value is -2.47. The standard InChI is InChI=1S/C25H34N2O4/c1-5-6-13-31-22-15-23(26-16-18-8-7-14-30-18)27-12-11-20-19(24(27)17(22)2)9-10-21(28-3)25(20)29-4/h9-10,15,18H,5-8,11-14,16H2,1-4H3. The minimum absolute atomic E-state index is 0.224. The van der Waals surface area contributed by atoms with Gasteiger partial charge in [0.25, 0.3) is 0 Å². The molecule has 1 fully saturated rings. The maximum absolute atomic E-state index is 6.21. The molecule has 1 unspecified atom stereocenters. The summed E-state index contributed by atoms with van der Waals surface area (Å²) in [7, 11) is 3.39. The molecule has 0 saturated carbocycles. The number of fused-ring (bicyclic) bond motifs is 3. The van der Waals surface area contributed by atoms with E-state index >= 15 is 0 Å². The van der Waals surface area contributed by atoms with Gasteiger partial charge in [-0.15, -0.1) is 0 Å². The van der Waals surface area contributed by atoms with E-state index in [0.29, 0.717) is 13.2 Å². The predicted octanol–water partition coefficient (Wildman–Crippen LogP) is 4.30. The van der Waals surface area contributed by atoms with E-state index < -0.39 is 0 Å². The summed E-state index contributed by atoms with van der Waals surface area (Å²) in [4.78, 5) is 4.98. The lowest BCUT2D eigenvalue weighted by atomic mass is 9.93. The molecule has 0 spiro atoms. The van der Waals surface area contributed by atoms with Gasteiger partial charge in [-0.2, -0.15) is 0 Å². The van der Waals surface area contributed by atoms with Gasteiger partial charge in [-0.25, -0.2) is 0 Å². The van der Waals surface area contributed by atoms with Crippen molar-refractivity contribution in [2.24, 2.45) is 4.99 Å². The summed E-state index contributed by atoms with van der Waals surface area (Å²) in [6, 6.07) is 6.23. The van der Waals surface area contributed by atoms with Crippen molar-refractivity contribution in [2.45, 2.75) is 58.6 Å². The van der Waals surface area contributed by atoms with E-state index in [4.69, 9.17) is 23.9 Å². The summed E-state index contributed by atoms with van der Waals surface area (Å²) in [5, 5.41) is 0. The number of hydrogen-bond acceptors (Lipinski definition) is 5. The largest absolute Gasteiger partial charge is 0.493 e. The third-order valence-corrected chi connectivity index (χ3v) is 6.26. The number of rotatable bonds is 8. The van der Waals surface area contributed by atoms with E-state index in [-0.39, 0.29) is 6.10 Å². The fourth-order valence-corrected chi connectivity index (χ4v) is 4.59. The average Bonchev–Trinajstić information content (AvgIpc) is 3.32. The first kappa shape index (κ1) is 21.8. The molecule has 0 N–H and O–H groups in total. The van der Waals surface area contributed by atoms with Crippen LogP contribution < -0.4 is 19.7 Å². The van der Waals surface area contributed by atoms with E-state index in [1.807, 2.05) is 6.07 Å². The van der Waals surface area contributed by atoms with Crippen LogP contribution in [0, 0.1) is 6.92 Å². The molecule has 2 aliphatic heterocycles. The Labute approximate surface area is 184 Å². The van der Waals surface area contributed by atoms with Gasteiger partial charge in [0.05, 0.1) is 39.2 Å². The molecule has 1 atom stereocenters. The topological polar surface area (TPSA) is 54.2 Å². The minimum atomic E-state index is 0.224. The van der Waals surface area contributed by atoms with Crippen LogP contribution in [0.1, 0.15) is 43.7 Å². The number of benzene rings is 1. The van der Waals surface area contributed by atoms with Gasteiger partial charge in [0, 0.05) is 35.9 Å². The number of aromatic nitrogens is 1. The van der Waals surface area contributed by atoms with Crippen LogP contribution in [-0.2, 0) is 17.7 Å². The van der Waals surface area contributed by atoms with Gasteiger partial charge in [0.1, 0.15) is 11.2 Å². The van der Waals surface area contributed by atoms with Gasteiger partial charge in [-0.1, -0.05) is 13.3 Å². The lowest BCUT2D eigenvalue weighted by Crippen LogP contribution is -2.29. The van der Waals surface area contributed by atoms with E-state index in [0.717, 1.165) is 84.8 Å². The second-order valence-electron chi connectivity index (χ2n) is 8.25. The Kier molecular flexibility index (Phi) is 6.86. The van der Waals surface area contributed by atoms with E-state index in [1.54, 1.807) is 14.2 Å². The van der Waals surface area contributed by atoms with Crippen molar-refractivity contribution >= 4 is 0 Å². The molecule has 31 heavy (non-hydrogen) atoms. The lowest BCUT2D eigenvalue weighted by Gasteiger charge is -2.28. The van der Waals surface area contributed by atoms with Gasteiger partial charge in [0.2, 0.25) is 0 Å². The van der Waals surface area contributed by atoms with E-state index in [9.17, 15) is 0 Å². The molecule has 6 nitrogen and oxygen atoms in total. The molecule has 1 aromatic heterocycles. The van der Waals surface area contributed by atoms with Crippen LogP contribution >= 0.6 is 0 Å². The summed E-state index contributed by atoms with van der Waals surface area (Å²) in [6.07, 6.45) is 5.44. The zero-order valence-electron chi connectivity index (χ0n) is 19.2. The highest BCUT2D eigenvalue weighted by Crippen LogP contribution is 2.42. The molecule has 1 aromatic carbocycles. The molecule has 2 aliphatic rings. The number of pyridine rings is 1. The monoisotopic (exact) mass is 426 g/mol. The molecule has 0 bridgehead atoms. The second kappa shape index (κ2) is 9.77. The van der Waals surface area contributed by atoms with Gasteiger partial charge >= 0.3 is 0 Å². The molecule has 168 valence electrons. The fraction of sp³-hybridized carbons (Fsp3) is 0.560. The smallest absolute Gasteiger partial charge is 0.164 e. The number of methoxy groups -OCH3 is 2. The van der Waals surface area contributed by atoms with Crippen LogP contribution in [0.15, 0.2) is 23.2 Å². The molecule has 0 radical (unpaired) electrons. The van der Waals surface area contributed by atoms with Gasteiger partial charge in [-0.05, 0) is 44.7 Å². The second-order valence-corrected chi connectivity index (χ2v) is 8.25. The first-order valence-electron chi connectivity index (χ1n) is 11.4. The van der Waals surface area contributed by atoms with Crippen molar-refractivity contribution in [3.05, 3.63) is 34.8 Å². The average molecular weight is 427 g/mol. The highest BCUT2D eigenvalue weighted by atomic mass is 16.5. The van der Waals surface area contributed by atoms with Crippen LogP contribution in [0.2, 0.25) is 0 Å². The SMILES string of the molecule is CCCCOc1cc(=NCC2CCCO2)n2c(c1C)-c1ccc(OC)c(OC)c1CC2. The predicted molar refractivity (Wildman–Crippen MR) is 121 cm³/mol. The quantitative estimate of drug-likeness (QED) is 0.591. The molecular formula is C25H34N2O4. The van der Waals surface area contributed by atoms with E-state index in [1.165, 1.54) is 5.56 Å². The summed E-state index contributed by atoms with van der Waals surface area (Å²) in [5.74, 6) is 2.50. The molecule has 0 aliphatic carbocycles. The van der Waals surface area contributed by atoms with Gasteiger partial charge in [-0.3, -0.25) is 4.99 Å². The summed E-state index contributed by atoms with van der Waals surface area (Å²) < 4.78 is 25.6. The maximum Gasteiger partial charge on any atom is 0.164 e. The number of hydrogen-bond donors (Lipinski definition) is 0. The summed E-state index contributed by atoms with van der Waals surface area (Å²) in [6.45, 7) is 7.41. The van der Waals surface area contributed by atoms with Crippen LogP contribution in [0.3, 0.4) is 0 Å². The summed E-state index contributed by atoms with van der Waals surface area (Å²) >= 11 is 0. The Morgan fingerprint density at radius 3 is 2.77 bits per heavy atom. The number of unbranched alkanes of at least 4 members (excludes halogenated alkanes) is 1. The first-order valence-corrected chi connectivity index (χ1v) is 11.4. The first-order chi connectivity index (χ1) is 15.2. The third-order valence-electron chi connectivity index (χ3n) is 6.26. The zero-order chi connectivity index (χ0) is 21.8. The third kappa shape index (κ3) is 4.31. The lowest BCUT2D eigenvalue weighted by molar-refractivity contribution is 0.117. The van der Waals surface area contributed by atoms with Crippen LogP contribution in [0.4, 0.5) is 0 Å². The fourth-order valence-electron chi connectivity index (χ4n) is 4.59. The van der Waals surface area contributed by atoms with Gasteiger partial charge < -0.3 is 23.5 Å².